The van der Waals surface area contributed by atoms with Gasteiger partial charge >= 0.3 is 0 Å². The SMILES string of the molecule is O=C(CCn1ccnn1)Nc1ccc(Br)cc1. The molecule has 1 amide bonds. The Morgan fingerprint density at radius 1 is 1.35 bits per heavy atom. The summed E-state index contributed by atoms with van der Waals surface area (Å²) in [6.07, 6.45) is 3.69. The average Bonchev–Trinajstić information content (AvgIpc) is 2.83. The summed E-state index contributed by atoms with van der Waals surface area (Å²) in [7, 11) is 0. The van der Waals surface area contributed by atoms with E-state index in [2.05, 4.69) is 31.6 Å². The van der Waals surface area contributed by atoms with Gasteiger partial charge in [0.15, 0.2) is 0 Å². The predicted octanol–water partition coefficient (Wildman–Crippen LogP) is 2.07. The van der Waals surface area contributed by atoms with Crippen LogP contribution in [-0.4, -0.2) is 20.9 Å². The highest BCUT2D eigenvalue weighted by atomic mass is 79.9. The maximum Gasteiger partial charge on any atom is 0.226 e. The lowest BCUT2D eigenvalue weighted by atomic mass is 10.3. The highest BCUT2D eigenvalue weighted by Crippen LogP contribution is 2.14. The Morgan fingerprint density at radius 2 is 2.12 bits per heavy atom. The lowest BCUT2D eigenvalue weighted by molar-refractivity contribution is -0.116. The third kappa shape index (κ3) is 3.67. The molecule has 0 aliphatic carbocycles. The zero-order chi connectivity index (χ0) is 12.1. The van der Waals surface area contributed by atoms with E-state index in [-0.39, 0.29) is 5.91 Å². The van der Waals surface area contributed by atoms with Gasteiger partial charge in [-0.15, -0.1) is 5.10 Å². The van der Waals surface area contributed by atoms with Crippen molar-refractivity contribution < 1.29 is 4.79 Å². The summed E-state index contributed by atoms with van der Waals surface area (Å²) in [6.45, 7) is 0.530. The molecule has 5 nitrogen and oxygen atoms in total. The van der Waals surface area contributed by atoms with Crippen molar-refractivity contribution in [1.29, 1.82) is 0 Å². The molecular weight excluding hydrogens is 284 g/mol. The second-order valence-electron chi connectivity index (χ2n) is 3.47. The van der Waals surface area contributed by atoms with Crippen LogP contribution < -0.4 is 5.32 Å². The first-order valence-electron chi connectivity index (χ1n) is 5.13. The van der Waals surface area contributed by atoms with E-state index in [0.717, 1.165) is 10.2 Å². The number of amides is 1. The summed E-state index contributed by atoms with van der Waals surface area (Å²) < 4.78 is 2.61. The quantitative estimate of drug-likeness (QED) is 0.939. The Bertz CT molecular complexity index is 481. The summed E-state index contributed by atoms with van der Waals surface area (Å²) in [5.41, 5.74) is 0.789. The Hall–Kier alpha value is -1.69. The van der Waals surface area contributed by atoms with Crippen LogP contribution in [0.15, 0.2) is 41.1 Å². The predicted molar refractivity (Wildman–Crippen MR) is 67.4 cm³/mol. The maximum absolute atomic E-state index is 11.6. The summed E-state index contributed by atoms with van der Waals surface area (Å²) >= 11 is 3.34. The Morgan fingerprint density at radius 3 is 2.76 bits per heavy atom. The molecule has 0 spiro atoms. The smallest absolute Gasteiger partial charge is 0.226 e. The van der Waals surface area contributed by atoms with Gasteiger partial charge in [-0.05, 0) is 24.3 Å². The van der Waals surface area contributed by atoms with Crippen LogP contribution in [-0.2, 0) is 11.3 Å². The fourth-order valence-corrected chi connectivity index (χ4v) is 1.59. The van der Waals surface area contributed by atoms with Gasteiger partial charge in [-0.3, -0.25) is 9.48 Å². The largest absolute Gasteiger partial charge is 0.326 e. The summed E-state index contributed by atoms with van der Waals surface area (Å²) in [4.78, 5) is 11.6. The molecule has 0 aliphatic rings. The lowest BCUT2D eigenvalue weighted by Gasteiger charge is -2.05. The maximum atomic E-state index is 11.6. The summed E-state index contributed by atoms with van der Waals surface area (Å²) in [5.74, 6) is -0.0391. The van der Waals surface area contributed by atoms with E-state index >= 15 is 0 Å². The van der Waals surface area contributed by atoms with Crippen molar-refractivity contribution in [2.24, 2.45) is 0 Å². The number of hydrogen-bond donors (Lipinski definition) is 1. The molecule has 1 aromatic heterocycles. The van der Waals surface area contributed by atoms with Gasteiger partial charge in [-0.1, -0.05) is 21.1 Å². The van der Waals surface area contributed by atoms with E-state index in [9.17, 15) is 4.79 Å². The zero-order valence-corrected chi connectivity index (χ0v) is 10.6. The molecule has 0 saturated carbocycles. The number of hydrogen-bond acceptors (Lipinski definition) is 3. The van der Waals surface area contributed by atoms with Crippen LogP contribution in [0.25, 0.3) is 0 Å². The molecule has 17 heavy (non-hydrogen) atoms. The topological polar surface area (TPSA) is 59.8 Å². The lowest BCUT2D eigenvalue weighted by Crippen LogP contribution is -2.14. The van der Waals surface area contributed by atoms with Crippen LogP contribution in [0, 0.1) is 0 Å². The number of carbonyl (C=O) groups excluding carboxylic acids is 1. The van der Waals surface area contributed by atoms with Gasteiger partial charge in [-0.25, -0.2) is 0 Å². The number of aryl methyl sites for hydroxylation is 1. The van der Waals surface area contributed by atoms with E-state index in [1.54, 1.807) is 17.1 Å². The standard InChI is InChI=1S/C11H11BrN4O/c12-9-1-3-10(4-2-9)14-11(17)5-7-16-8-6-13-15-16/h1-4,6,8H,5,7H2,(H,14,17). The molecule has 0 unspecified atom stereocenters. The molecule has 1 heterocycles. The molecule has 6 heteroatoms. The number of benzene rings is 1. The Kier molecular flexibility index (Phi) is 3.87. The van der Waals surface area contributed by atoms with Crippen molar-refractivity contribution in [2.45, 2.75) is 13.0 Å². The number of rotatable bonds is 4. The van der Waals surface area contributed by atoms with Gasteiger partial charge in [-0.2, -0.15) is 0 Å². The molecule has 1 aromatic carbocycles. The fourth-order valence-electron chi connectivity index (χ4n) is 1.32. The zero-order valence-electron chi connectivity index (χ0n) is 9.01. The molecule has 0 atom stereocenters. The molecule has 1 N–H and O–H groups in total. The Labute approximate surface area is 107 Å². The van der Waals surface area contributed by atoms with Crippen LogP contribution in [0.5, 0.6) is 0 Å². The number of nitrogens with one attached hydrogen (secondary N) is 1. The van der Waals surface area contributed by atoms with Crippen LogP contribution >= 0.6 is 15.9 Å². The van der Waals surface area contributed by atoms with Gasteiger partial charge in [0, 0.05) is 22.8 Å². The normalized spacial score (nSPS) is 10.2. The minimum absolute atomic E-state index is 0.0391. The number of aromatic nitrogens is 3. The molecule has 2 rings (SSSR count). The third-order valence-corrected chi connectivity index (χ3v) is 2.70. The number of anilines is 1. The van der Waals surface area contributed by atoms with Crippen molar-refractivity contribution in [3.8, 4) is 0 Å². The molecule has 0 fully saturated rings. The first-order chi connectivity index (χ1) is 8.24. The number of carbonyl (C=O) groups is 1. The van der Waals surface area contributed by atoms with E-state index in [1.165, 1.54) is 0 Å². The van der Waals surface area contributed by atoms with Crippen molar-refractivity contribution in [3.63, 3.8) is 0 Å². The third-order valence-electron chi connectivity index (χ3n) is 2.17. The average molecular weight is 295 g/mol. The van der Waals surface area contributed by atoms with Gasteiger partial charge < -0.3 is 5.32 Å². The van der Waals surface area contributed by atoms with E-state index in [0.29, 0.717) is 13.0 Å². The van der Waals surface area contributed by atoms with Crippen LogP contribution in [0.4, 0.5) is 5.69 Å². The van der Waals surface area contributed by atoms with Gasteiger partial charge in [0.25, 0.3) is 0 Å². The van der Waals surface area contributed by atoms with E-state index < -0.39 is 0 Å². The minimum Gasteiger partial charge on any atom is -0.326 e. The molecule has 0 aliphatic heterocycles. The minimum atomic E-state index is -0.0391. The fraction of sp³-hybridized carbons (Fsp3) is 0.182. The van der Waals surface area contributed by atoms with Crippen LogP contribution in [0.1, 0.15) is 6.42 Å². The van der Waals surface area contributed by atoms with Crippen molar-refractivity contribution in [2.75, 3.05) is 5.32 Å². The van der Waals surface area contributed by atoms with Crippen LogP contribution in [0.2, 0.25) is 0 Å². The Balaban J connectivity index is 1.83. The number of nitrogens with zero attached hydrogens (tertiary/aromatic N) is 3. The molecule has 0 saturated heterocycles. The molecule has 88 valence electrons. The first-order valence-corrected chi connectivity index (χ1v) is 5.93. The summed E-state index contributed by atoms with van der Waals surface area (Å²) in [6, 6.07) is 7.45. The number of halogens is 1. The van der Waals surface area contributed by atoms with Crippen molar-refractivity contribution >= 4 is 27.5 Å². The van der Waals surface area contributed by atoms with E-state index in [4.69, 9.17) is 0 Å². The molecular formula is C11H11BrN4O. The molecule has 0 bridgehead atoms. The highest BCUT2D eigenvalue weighted by Gasteiger charge is 2.02. The van der Waals surface area contributed by atoms with Crippen molar-refractivity contribution in [3.05, 3.63) is 41.1 Å². The second-order valence-corrected chi connectivity index (χ2v) is 4.39. The van der Waals surface area contributed by atoms with E-state index in [1.807, 2.05) is 24.3 Å². The van der Waals surface area contributed by atoms with Gasteiger partial charge in [0.2, 0.25) is 5.91 Å². The van der Waals surface area contributed by atoms with Gasteiger partial charge in [0.1, 0.15) is 0 Å². The molecule has 2 aromatic rings. The van der Waals surface area contributed by atoms with Gasteiger partial charge in [0.05, 0.1) is 12.7 Å². The monoisotopic (exact) mass is 294 g/mol. The molecule has 0 radical (unpaired) electrons. The first kappa shape index (κ1) is 11.8. The summed E-state index contributed by atoms with van der Waals surface area (Å²) in [5, 5.41) is 10.3. The second kappa shape index (κ2) is 5.58. The van der Waals surface area contributed by atoms with Crippen molar-refractivity contribution in [1.82, 2.24) is 15.0 Å². The van der Waals surface area contributed by atoms with Crippen LogP contribution in [0.3, 0.4) is 0 Å². The highest BCUT2D eigenvalue weighted by molar-refractivity contribution is 9.10.